The fraction of sp³-hybridized carbons (Fsp3) is 0.125. The van der Waals surface area contributed by atoms with Gasteiger partial charge < -0.3 is 9.15 Å². The van der Waals surface area contributed by atoms with Crippen LogP contribution in [0, 0.1) is 0 Å². The van der Waals surface area contributed by atoms with Crippen LogP contribution in [-0.4, -0.2) is 13.1 Å². The first kappa shape index (κ1) is 12.4. The van der Waals surface area contributed by atoms with E-state index in [9.17, 15) is 9.59 Å². The molecule has 0 aliphatic rings. The minimum absolute atomic E-state index is 0.0482. The molecular formula is C16H12O4. The smallest absolute Gasteiger partial charge is 0.336 e. The molecule has 0 amide bonds. The molecule has 0 atom stereocenters. The molecule has 0 saturated carbocycles. The lowest BCUT2D eigenvalue weighted by Gasteiger charge is -2.07. The van der Waals surface area contributed by atoms with E-state index < -0.39 is 5.63 Å². The van der Waals surface area contributed by atoms with Crippen molar-refractivity contribution in [2.75, 3.05) is 7.11 Å². The summed E-state index contributed by atoms with van der Waals surface area (Å²) in [6.07, 6.45) is 0.0482. The van der Waals surface area contributed by atoms with Crippen LogP contribution in [0.2, 0.25) is 0 Å². The molecular weight excluding hydrogens is 256 g/mol. The molecule has 0 unspecified atom stereocenters. The van der Waals surface area contributed by atoms with Crippen LogP contribution in [-0.2, 0) is 16.0 Å². The highest BCUT2D eigenvalue weighted by Crippen LogP contribution is 2.27. The quantitative estimate of drug-likeness (QED) is 0.407. The van der Waals surface area contributed by atoms with E-state index in [0.29, 0.717) is 11.1 Å². The molecule has 0 radical (unpaired) electrons. The lowest BCUT2D eigenvalue weighted by Crippen LogP contribution is -2.08. The maximum Gasteiger partial charge on any atom is 0.336 e. The largest absolute Gasteiger partial charge is 0.469 e. The van der Waals surface area contributed by atoms with E-state index in [0.717, 1.165) is 16.2 Å². The fourth-order valence-corrected chi connectivity index (χ4v) is 2.39. The van der Waals surface area contributed by atoms with E-state index in [4.69, 9.17) is 4.42 Å². The molecule has 20 heavy (non-hydrogen) atoms. The Balaban J connectivity index is 2.39. The molecule has 0 N–H and O–H groups in total. The van der Waals surface area contributed by atoms with E-state index in [1.165, 1.54) is 13.2 Å². The van der Waals surface area contributed by atoms with Crippen molar-refractivity contribution in [2.24, 2.45) is 0 Å². The normalized spacial score (nSPS) is 10.8. The predicted molar refractivity (Wildman–Crippen MR) is 75.7 cm³/mol. The maximum atomic E-state index is 11.6. The highest BCUT2D eigenvalue weighted by molar-refractivity contribution is 6.07. The van der Waals surface area contributed by atoms with Crippen molar-refractivity contribution in [3.63, 3.8) is 0 Å². The molecule has 0 aliphatic carbocycles. The second-order valence-corrected chi connectivity index (χ2v) is 4.50. The average Bonchev–Trinajstić information content (AvgIpc) is 2.46. The lowest BCUT2D eigenvalue weighted by molar-refractivity contribution is -0.139. The SMILES string of the molecule is COC(=O)Cc1cc(=O)oc2ccc3ccccc3c12. The summed E-state index contributed by atoms with van der Waals surface area (Å²) in [5, 5.41) is 2.76. The number of hydrogen-bond donors (Lipinski definition) is 0. The standard InChI is InChI=1S/C16H12O4/c1-19-14(17)8-11-9-15(18)20-13-7-6-10-4-2-3-5-12(10)16(11)13/h2-7,9H,8H2,1H3. The average molecular weight is 268 g/mol. The maximum absolute atomic E-state index is 11.6. The zero-order valence-corrected chi connectivity index (χ0v) is 10.9. The number of carbonyl (C=O) groups excluding carboxylic acids is 1. The highest BCUT2D eigenvalue weighted by Gasteiger charge is 2.12. The van der Waals surface area contributed by atoms with Gasteiger partial charge in [-0.25, -0.2) is 4.79 Å². The molecule has 3 rings (SSSR count). The summed E-state index contributed by atoms with van der Waals surface area (Å²) < 4.78 is 9.90. The minimum atomic E-state index is -0.466. The van der Waals surface area contributed by atoms with Gasteiger partial charge in [0, 0.05) is 11.5 Å². The summed E-state index contributed by atoms with van der Waals surface area (Å²) in [5.41, 5.74) is 0.640. The number of carbonyl (C=O) groups is 1. The molecule has 0 bridgehead atoms. The zero-order valence-electron chi connectivity index (χ0n) is 10.9. The zero-order chi connectivity index (χ0) is 14.1. The molecule has 0 saturated heterocycles. The van der Waals surface area contributed by atoms with Crippen LogP contribution in [0.1, 0.15) is 5.56 Å². The van der Waals surface area contributed by atoms with Crippen LogP contribution in [0.4, 0.5) is 0 Å². The number of esters is 1. The van der Waals surface area contributed by atoms with E-state index in [1.807, 2.05) is 30.3 Å². The summed E-state index contributed by atoms with van der Waals surface area (Å²) in [6, 6.07) is 12.8. The fourth-order valence-electron chi connectivity index (χ4n) is 2.39. The van der Waals surface area contributed by atoms with Crippen molar-refractivity contribution in [1.82, 2.24) is 0 Å². The third-order valence-corrected chi connectivity index (χ3v) is 3.28. The van der Waals surface area contributed by atoms with Crippen molar-refractivity contribution < 1.29 is 13.9 Å². The number of methoxy groups -OCH3 is 1. The van der Waals surface area contributed by atoms with Crippen LogP contribution in [0.25, 0.3) is 21.7 Å². The van der Waals surface area contributed by atoms with Crippen LogP contribution in [0.3, 0.4) is 0 Å². The Hall–Kier alpha value is -2.62. The lowest BCUT2D eigenvalue weighted by atomic mass is 10.0. The van der Waals surface area contributed by atoms with Gasteiger partial charge in [-0.15, -0.1) is 0 Å². The molecule has 1 heterocycles. The van der Waals surface area contributed by atoms with Gasteiger partial charge in [0.1, 0.15) is 5.58 Å². The van der Waals surface area contributed by atoms with E-state index >= 15 is 0 Å². The summed E-state index contributed by atoms with van der Waals surface area (Å²) in [5.74, 6) is -0.384. The molecule has 0 spiro atoms. The Morgan fingerprint density at radius 2 is 2.00 bits per heavy atom. The van der Waals surface area contributed by atoms with Crippen LogP contribution in [0.15, 0.2) is 51.7 Å². The van der Waals surface area contributed by atoms with Gasteiger partial charge in [0.15, 0.2) is 0 Å². The Morgan fingerprint density at radius 1 is 1.20 bits per heavy atom. The molecule has 4 heteroatoms. The molecule has 3 aromatic rings. The second-order valence-electron chi connectivity index (χ2n) is 4.50. The van der Waals surface area contributed by atoms with Crippen molar-refractivity contribution in [3.8, 4) is 0 Å². The van der Waals surface area contributed by atoms with Gasteiger partial charge in [0.25, 0.3) is 0 Å². The molecule has 0 aliphatic heterocycles. The molecule has 4 nitrogen and oxygen atoms in total. The Morgan fingerprint density at radius 3 is 2.80 bits per heavy atom. The summed E-state index contributed by atoms with van der Waals surface area (Å²) in [6.45, 7) is 0. The Labute approximate surface area is 114 Å². The van der Waals surface area contributed by atoms with E-state index in [-0.39, 0.29) is 12.4 Å². The minimum Gasteiger partial charge on any atom is -0.469 e. The predicted octanol–water partition coefficient (Wildman–Crippen LogP) is 2.66. The first-order valence-corrected chi connectivity index (χ1v) is 6.20. The van der Waals surface area contributed by atoms with E-state index in [2.05, 4.69) is 4.74 Å². The van der Waals surface area contributed by atoms with Gasteiger partial charge in [-0.1, -0.05) is 30.3 Å². The van der Waals surface area contributed by atoms with Crippen LogP contribution in [0.5, 0.6) is 0 Å². The Bertz CT molecular complexity index is 861. The third kappa shape index (κ3) is 2.05. The highest BCUT2D eigenvalue weighted by atomic mass is 16.5. The summed E-state index contributed by atoms with van der Waals surface area (Å²) in [7, 11) is 1.33. The number of fused-ring (bicyclic) bond motifs is 3. The van der Waals surface area contributed by atoms with Crippen LogP contribution < -0.4 is 5.63 Å². The first-order chi connectivity index (χ1) is 9.69. The molecule has 1 aromatic heterocycles. The summed E-state index contributed by atoms with van der Waals surface area (Å²) in [4.78, 5) is 23.1. The van der Waals surface area contributed by atoms with Crippen molar-refractivity contribution in [2.45, 2.75) is 6.42 Å². The summed E-state index contributed by atoms with van der Waals surface area (Å²) >= 11 is 0. The second kappa shape index (κ2) is 4.81. The van der Waals surface area contributed by atoms with Gasteiger partial charge in [0.05, 0.1) is 13.5 Å². The van der Waals surface area contributed by atoms with Gasteiger partial charge in [0.2, 0.25) is 0 Å². The third-order valence-electron chi connectivity index (χ3n) is 3.28. The van der Waals surface area contributed by atoms with E-state index in [1.54, 1.807) is 6.07 Å². The first-order valence-electron chi connectivity index (χ1n) is 6.20. The monoisotopic (exact) mass is 268 g/mol. The van der Waals surface area contributed by atoms with Gasteiger partial charge in [-0.3, -0.25) is 4.79 Å². The molecule has 2 aromatic carbocycles. The number of benzene rings is 2. The van der Waals surface area contributed by atoms with Gasteiger partial charge >= 0.3 is 11.6 Å². The molecule has 0 fully saturated rings. The van der Waals surface area contributed by atoms with Gasteiger partial charge in [-0.05, 0) is 22.4 Å². The Kier molecular flexibility index (Phi) is 2.99. The topological polar surface area (TPSA) is 56.5 Å². The van der Waals surface area contributed by atoms with Crippen molar-refractivity contribution >= 4 is 27.7 Å². The van der Waals surface area contributed by atoms with Crippen LogP contribution >= 0.6 is 0 Å². The number of ether oxygens (including phenoxy) is 1. The number of rotatable bonds is 2. The van der Waals surface area contributed by atoms with Crippen molar-refractivity contribution in [3.05, 3.63) is 58.4 Å². The number of hydrogen-bond acceptors (Lipinski definition) is 4. The van der Waals surface area contributed by atoms with Gasteiger partial charge in [-0.2, -0.15) is 0 Å². The molecule has 100 valence electrons. The van der Waals surface area contributed by atoms with Crippen molar-refractivity contribution in [1.29, 1.82) is 0 Å².